The number of hydrogen-bond acceptors (Lipinski definition) is 4. The third kappa shape index (κ3) is 4.80. The molecular formula is C19H26F3N5. The summed E-state index contributed by atoms with van der Waals surface area (Å²) in [6.07, 6.45) is 1.30. The summed E-state index contributed by atoms with van der Waals surface area (Å²) in [5.74, 6) is 1.59. The van der Waals surface area contributed by atoms with E-state index in [4.69, 9.17) is 0 Å². The number of halogens is 3. The summed E-state index contributed by atoms with van der Waals surface area (Å²) in [6.45, 7) is 4.71. The number of anilines is 1. The Kier molecular flexibility index (Phi) is 5.74. The summed E-state index contributed by atoms with van der Waals surface area (Å²) in [5.41, 5.74) is -0.256. The molecule has 0 N–H and O–H groups in total. The lowest BCUT2D eigenvalue weighted by molar-refractivity contribution is -0.137. The molecule has 1 fully saturated rings. The topological polar surface area (TPSA) is 37.2 Å². The van der Waals surface area contributed by atoms with Crippen molar-refractivity contribution in [3.8, 4) is 0 Å². The summed E-state index contributed by atoms with van der Waals surface area (Å²) in [7, 11) is 4.06. The van der Waals surface area contributed by atoms with Crippen LogP contribution in [0.25, 0.3) is 0 Å². The maximum atomic E-state index is 13.2. The van der Waals surface area contributed by atoms with E-state index >= 15 is 0 Å². The van der Waals surface area contributed by atoms with Gasteiger partial charge in [-0.3, -0.25) is 0 Å². The van der Waals surface area contributed by atoms with Crippen molar-refractivity contribution in [2.24, 2.45) is 0 Å². The molecule has 0 amide bonds. The predicted octanol–water partition coefficient (Wildman–Crippen LogP) is 3.55. The van der Waals surface area contributed by atoms with Crippen LogP contribution in [-0.2, 0) is 12.7 Å². The first kappa shape index (κ1) is 19.7. The normalized spacial score (nSPS) is 18.3. The molecule has 0 unspecified atom stereocenters. The van der Waals surface area contributed by atoms with Crippen LogP contribution in [0.15, 0.2) is 24.5 Å². The monoisotopic (exact) mass is 381 g/mol. The van der Waals surface area contributed by atoms with Gasteiger partial charge in [0.05, 0.1) is 5.56 Å². The summed E-state index contributed by atoms with van der Waals surface area (Å²) in [4.78, 5) is 13.0. The molecule has 1 aliphatic rings. The molecule has 0 aliphatic carbocycles. The first-order valence-corrected chi connectivity index (χ1v) is 9.20. The molecule has 0 spiro atoms. The van der Waals surface area contributed by atoms with Crippen molar-refractivity contribution in [3.63, 3.8) is 0 Å². The molecule has 27 heavy (non-hydrogen) atoms. The Labute approximate surface area is 157 Å². The SMILES string of the molecule is Cc1cc(C(F)(F)F)cc(N2CCC[C@@H](c3nccn3CCN(C)C)C2)n1. The quantitative estimate of drug-likeness (QED) is 0.794. The van der Waals surface area contributed by atoms with E-state index in [0.29, 0.717) is 24.6 Å². The van der Waals surface area contributed by atoms with Crippen molar-refractivity contribution < 1.29 is 13.2 Å². The van der Waals surface area contributed by atoms with E-state index in [1.165, 1.54) is 0 Å². The first-order chi connectivity index (χ1) is 12.7. The van der Waals surface area contributed by atoms with Gasteiger partial charge in [0.2, 0.25) is 0 Å². The Bertz CT molecular complexity index is 769. The minimum atomic E-state index is -4.36. The van der Waals surface area contributed by atoms with E-state index in [2.05, 4.69) is 19.4 Å². The molecule has 0 bridgehead atoms. The molecule has 5 nitrogen and oxygen atoms in total. The Hall–Kier alpha value is -2.09. The van der Waals surface area contributed by atoms with Gasteiger partial charge in [-0.15, -0.1) is 0 Å². The van der Waals surface area contributed by atoms with E-state index in [1.807, 2.05) is 25.2 Å². The minimum absolute atomic E-state index is 0.188. The lowest BCUT2D eigenvalue weighted by Gasteiger charge is -2.34. The van der Waals surface area contributed by atoms with Crippen LogP contribution in [0.3, 0.4) is 0 Å². The van der Waals surface area contributed by atoms with E-state index in [9.17, 15) is 13.2 Å². The number of piperidine rings is 1. The van der Waals surface area contributed by atoms with Gasteiger partial charge in [0.15, 0.2) is 0 Å². The lowest BCUT2D eigenvalue weighted by Crippen LogP contribution is -2.36. The molecule has 0 saturated carbocycles. The van der Waals surface area contributed by atoms with Crippen LogP contribution in [0.4, 0.5) is 19.0 Å². The summed E-state index contributed by atoms with van der Waals surface area (Å²) >= 11 is 0. The zero-order valence-corrected chi connectivity index (χ0v) is 16.0. The highest BCUT2D eigenvalue weighted by atomic mass is 19.4. The fourth-order valence-electron chi connectivity index (χ4n) is 3.55. The van der Waals surface area contributed by atoms with Crippen molar-refractivity contribution in [2.45, 2.75) is 38.4 Å². The molecule has 1 atom stereocenters. The second-order valence-corrected chi connectivity index (χ2v) is 7.42. The van der Waals surface area contributed by atoms with Crippen molar-refractivity contribution in [1.29, 1.82) is 0 Å². The minimum Gasteiger partial charge on any atom is -0.356 e. The highest BCUT2D eigenvalue weighted by molar-refractivity contribution is 5.44. The van der Waals surface area contributed by atoms with Crippen LogP contribution >= 0.6 is 0 Å². The number of imidazole rings is 1. The number of hydrogen-bond donors (Lipinski definition) is 0. The maximum Gasteiger partial charge on any atom is 0.416 e. The number of rotatable bonds is 5. The molecule has 1 saturated heterocycles. The average molecular weight is 381 g/mol. The Morgan fingerprint density at radius 3 is 2.74 bits per heavy atom. The van der Waals surface area contributed by atoms with Gasteiger partial charge >= 0.3 is 6.18 Å². The highest BCUT2D eigenvalue weighted by Gasteiger charge is 2.33. The van der Waals surface area contributed by atoms with Gasteiger partial charge < -0.3 is 14.4 Å². The third-order valence-corrected chi connectivity index (χ3v) is 4.91. The van der Waals surface area contributed by atoms with Crippen LogP contribution in [0.1, 0.15) is 35.8 Å². The third-order valence-electron chi connectivity index (χ3n) is 4.91. The highest BCUT2D eigenvalue weighted by Crippen LogP contribution is 2.34. The molecule has 8 heteroatoms. The number of nitrogens with zero attached hydrogens (tertiary/aromatic N) is 5. The number of aromatic nitrogens is 3. The molecule has 1 aliphatic heterocycles. The van der Waals surface area contributed by atoms with Crippen LogP contribution in [0.5, 0.6) is 0 Å². The van der Waals surface area contributed by atoms with Crippen molar-refractivity contribution in [2.75, 3.05) is 38.6 Å². The standard InChI is InChI=1S/C19H26F3N5/c1-14-11-16(19(20,21)22)12-17(24-14)27-7-4-5-15(13-27)18-23-6-8-26(18)10-9-25(2)3/h6,8,11-12,15H,4-5,7,9-10,13H2,1-3H3/t15-/m1/s1. The Balaban J connectivity index is 1.79. The number of aryl methyl sites for hydroxylation is 1. The fraction of sp³-hybridized carbons (Fsp3) is 0.579. The van der Waals surface area contributed by atoms with Crippen LogP contribution in [0, 0.1) is 6.92 Å². The van der Waals surface area contributed by atoms with E-state index in [-0.39, 0.29) is 5.92 Å². The molecule has 2 aromatic rings. The second-order valence-electron chi connectivity index (χ2n) is 7.42. The molecule has 0 radical (unpaired) electrons. The van der Waals surface area contributed by atoms with Gasteiger partial charge in [-0.1, -0.05) is 0 Å². The van der Waals surface area contributed by atoms with Gasteiger partial charge in [-0.05, 0) is 46.0 Å². The van der Waals surface area contributed by atoms with Crippen molar-refractivity contribution in [3.05, 3.63) is 41.6 Å². The lowest BCUT2D eigenvalue weighted by atomic mass is 9.97. The van der Waals surface area contributed by atoms with Crippen LogP contribution < -0.4 is 4.90 Å². The molecule has 0 aromatic carbocycles. The fourth-order valence-corrected chi connectivity index (χ4v) is 3.55. The van der Waals surface area contributed by atoms with Gasteiger partial charge in [-0.25, -0.2) is 9.97 Å². The zero-order chi connectivity index (χ0) is 19.6. The molecule has 3 heterocycles. The maximum absolute atomic E-state index is 13.2. The summed E-state index contributed by atoms with van der Waals surface area (Å²) in [5, 5.41) is 0. The molecule has 2 aromatic heterocycles. The van der Waals surface area contributed by atoms with Gasteiger partial charge in [0, 0.05) is 50.2 Å². The molecule has 3 rings (SSSR count). The van der Waals surface area contributed by atoms with E-state index in [1.54, 1.807) is 13.1 Å². The van der Waals surface area contributed by atoms with Crippen LogP contribution in [-0.4, -0.2) is 53.2 Å². The second kappa shape index (κ2) is 7.88. The average Bonchev–Trinajstić information content (AvgIpc) is 3.07. The van der Waals surface area contributed by atoms with Gasteiger partial charge in [-0.2, -0.15) is 13.2 Å². The predicted molar refractivity (Wildman–Crippen MR) is 98.9 cm³/mol. The van der Waals surface area contributed by atoms with Crippen molar-refractivity contribution >= 4 is 5.82 Å². The summed E-state index contributed by atoms with van der Waals surface area (Å²) < 4.78 is 41.6. The number of pyridine rings is 1. The van der Waals surface area contributed by atoms with E-state index < -0.39 is 11.7 Å². The number of alkyl halides is 3. The smallest absolute Gasteiger partial charge is 0.356 e. The largest absolute Gasteiger partial charge is 0.416 e. The molecule has 148 valence electrons. The van der Waals surface area contributed by atoms with Gasteiger partial charge in [0.1, 0.15) is 11.6 Å². The van der Waals surface area contributed by atoms with Crippen LogP contribution in [0.2, 0.25) is 0 Å². The zero-order valence-electron chi connectivity index (χ0n) is 16.0. The van der Waals surface area contributed by atoms with Crippen molar-refractivity contribution in [1.82, 2.24) is 19.4 Å². The Morgan fingerprint density at radius 2 is 2.04 bits per heavy atom. The Morgan fingerprint density at radius 1 is 1.26 bits per heavy atom. The van der Waals surface area contributed by atoms with Gasteiger partial charge in [0.25, 0.3) is 0 Å². The van der Waals surface area contributed by atoms with E-state index in [0.717, 1.165) is 43.9 Å². The molecular weight excluding hydrogens is 355 g/mol. The first-order valence-electron chi connectivity index (χ1n) is 9.20. The number of likely N-dealkylation sites (N-methyl/N-ethyl adjacent to an activating group) is 1. The summed E-state index contributed by atoms with van der Waals surface area (Å²) in [6, 6.07) is 2.26.